The fourth-order valence-electron chi connectivity index (χ4n) is 5.15. The number of primary amides is 1. The van der Waals surface area contributed by atoms with Gasteiger partial charge in [-0.1, -0.05) is 38.2 Å². The van der Waals surface area contributed by atoms with Crippen molar-refractivity contribution in [2.45, 2.75) is 65.0 Å². The van der Waals surface area contributed by atoms with Crippen molar-refractivity contribution in [3.8, 4) is 0 Å². The second-order valence-electron chi connectivity index (χ2n) is 10.8. The second kappa shape index (κ2) is 16.7. The van der Waals surface area contributed by atoms with Crippen molar-refractivity contribution in [3.63, 3.8) is 0 Å². The molecule has 0 fully saturated rings. The van der Waals surface area contributed by atoms with Crippen LogP contribution in [0, 0.1) is 11.8 Å². The van der Waals surface area contributed by atoms with E-state index in [1.54, 1.807) is 26.0 Å². The van der Waals surface area contributed by atoms with Gasteiger partial charge in [0.05, 0.1) is 25.5 Å². The van der Waals surface area contributed by atoms with E-state index in [-0.39, 0.29) is 47.9 Å². The maximum absolute atomic E-state index is 13.5. The van der Waals surface area contributed by atoms with Gasteiger partial charge in [0, 0.05) is 37.4 Å². The third-order valence-electron chi connectivity index (χ3n) is 7.35. The SMILES string of the molecule is COC1=C2CC(C)CC(OC)C(OC(=O)CN)[C@H](C)C=C(C)C(OC(N)=O)C(OC)C=CC=C(C)C(=O)NC(=CC1=O)C2=O. The predicted molar refractivity (Wildman–Crippen MR) is 159 cm³/mol. The molecule has 1 heterocycles. The molecule has 6 atom stereocenters. The summed E-state index contributed by atoms with van der Waals surface area (Å²) < 4.78 is 27.8. The third-order valence-corrected chi connectivity index (χ3v) is 7.35. The van der Waals surface area contributed by atoms with E-state index in [9.17, 15) is 24.0 Å². The van der Waals surface area contributed by atoms with Crippen LogP contribution in [0.4, 0.5) is 4.79 Å². The third kappa shape index (κ3) is 9.46. The number of carbonyl (C=O) groups is 5. The molecule has 0 aromatic heterocycles. The van der Waals surface area contributed by atoms with Crippen LogP contribution in [0.3, 0.4) is 0 Å². The fourth-order valence-corrected chi connectivity index (χ4v) is 5.15. The van der Waals surface area contributed by atoms with E-state index in [0.29, 0.717) is 5.57 Å². The van der Waals surface area contributed by atoms with Crippen LogP contribution in [-0.4, -0.2) is 81.8 Å². The van der Waals surface area contributed by atoms with Gasteiger partial charge in [0.2, 0.25) is 11.6 Å². The standard InChI is InChI=1S/C31H43N3O10/c1-16-11-20-26(37)21(14-22(35)29(20)42-7)34-30(38)17(2)9-8-10-23(40-5)27(44-31(33)39)18(3)13-19(4)28(24(12-16)41-6)43-25(36)15-32/h8-10,13-14,16,19,23-24,27-28H,11-12,15,32H2,1-7H3,(H2,33,39)(H,34,38)/t16?,19-,23?,24?,27?,28?/m1/s1. The highest BCUT2D eigenvalue weighted by molar-refractivity contribution is 6.23. The van der Waals surface area contributed by atoms with Crippen molar-refractivity contribution in [1.82, 2.24) is 5.32 Å². The fraction of sp³-hybridized carbons (Fsp3) is 0.516. The number of allylic oxidation sites excluding steroid dienone is 4. The van der Waals surface area contributed by atoms with Gasteiger partial charge in [-0.15, -0.1) is 0 Å². The molecule has 5 unspecified atom stereocenters. The number of amides is 2. The van der Waals surface area contributed by atoms with Gasteiger partial charge >= 0.3 is 12.1 Å². The van der Waals surface area contributed by atoms with Crippen molar-refractivity contribution in [3.05, 3.63) is 58.6 Å². The minimum atomic E-state index is -1.03. The molecular formula is C31H43N3O10. The molecule has 0 saturated heterocycles. The first-order chi connectivity index (χ1) is 20.8. The van der Waals surface area contributed by atoms with Crippen LogP contribution in [0.2, 0.25) is 0 Å². The number of hydrogen-bond donors (Lipinski definition) is 3. The van der Waals surface area contributed by atoms with Crippen LogP contribution in [0.1, 0.15) is 40.5 Å². The monoisotopic (exact) mass is 617 g/mol. The molecule has 242 valence electrons. The van der Waals surface area contributed by atoms with Gasteiger partial charge in [0.1, 0.15) is 12.2 Å². The summed E-state index contributed by atoms with van der Waals surface area (Å²) in [5, 5.41) is 2.52. The molecular weight excluding hydrogens is 574 g/mol. The quantitative estimate of drug-likeness (QED) is 0.224. The van der Waals surface area contributed by atoms with Crippen LogP contribution in [-0.2, 0) is 42.9 Å². The number of hydrogen-bond acceptors (Lipinski definition) is 11. The number of nitrogens with one attached hydrogen (secondary N) is 1. The minimum absolute atomic E-state index is 0.100. The van der Waals surface area contributed by atoms with Gasteiger partial charge in [0.15, 0.2) is 11.9 Å². The number of esters is 1. The molecule has 13 heteroatoms. The molecule has 2 rings (SSSR count). The van der Waals surface area contributed by atoms with Gasteiger partial charge in [-0.05, 0) is 38.2 Å². The number of ketones is 2. The Morgan fingerprint density at radius 3 is 2.30 bits per heavy atom. The zero-order chi connectivity index (χ0) is 33.1. The lowest BCUT2D eigenvalue weighted by Crippen LogP contribution is -2.41. The zero-order valence-electron chi connectivity index (χ0n) is 26.2. The van der Waals surface area contributed by atoms with Crippen molar-refractivity contribution in [2.24, 2.45) is 23.3 Å². The Morgan fingerprint density at radius 2 is 1.73 bits per heavy atom. The second-order valence-corrected chi connectivity index (χ2v) is 10.8. The van der Waals surface area contributed by atoms with Gasteiger partial charge in [-0.2, -0.15) is 0 Å². The van der Waals surface area contributed by atoms with Crippen molar-refractivity contribution in [1.29, 1.82) is 0 Å². The predicted octanol–water partition coefficient (Wildman–Crippen LogP) is 1.92. The highest BCUT2D eigenvalue weighted by Crippen LogP contribution is 2.30. The summed E-state index contributed by atoms with van der Waals surface area (Å²) >= 11 is 0. The number of ether oxygens (including phenoxy) is 5. The molecule has 13 nitrogen and oxygen atoms in total. The van der Waals surface area contributed by atoms with Crippen LogP contribution in [0.15, 0.2) is 58.6 Å². The summed E-state index contributed by atoms with van der Waals surface area (Å²) in [4.78, 5) is 63.5. The van der Waals surface area contributed by atoms with Crippen molar-refractivity contribution < 1.29 is 47.7 Å². The summed E-state index contributed by atoms with van der Waals surface area (Å²) in [5.41, 5.74) is 11.6. The molecule has 0 saturated carbocycles. The molecule has 2 bridgehead atoms. The van der Waals surface area contributed by atoms with Crippen LogP contribution < -0.4 is 16.8 Å². The molecule has 0 spiro atoms. The van der Waals surface area contributed by atoms with E-state index < -0.39 is 59.9 Å². The van der Waals surface area contributed by atoms with E-state index in [2.05, 4.69) is 5.32 Å². The number of carbonyl (C=O) groups excluding carboxylic acids is 5. The van der Waals surface area contributed by atoms with Gasteiger partial charge in [-0.25, -0.2) is 4.79 Å². The molecule has 44 heavy (non-hydrogen) atoms. The maximum atomic E-state index is 13.5. The first-order valence-corrected chi connectivity index (χ1v) is 14.1. The van der Waals surface area contributed by atoms with E-state index >= 15 is 0 Å². The number of Topliss-reactive ketones (excluding diaryl/α,β-unsaturated/α-hetero) is 1. The van der Waals surface area contributed by atoms with E-state index in [4.69, 9.17) is 35.2 Å². The van der Waals surface area contributed by atoms with E-state index in [1.807, 2.05) is 6.92 Å². The first kappa shape index (κ1) is 36.1. The normalized spacial score (nSPS) is 27.5. The lowest BCUT2D eigenvalue weighted by molar-refractivity contribution is -0.158. The zero-order valence-corrected chi connectivity index (χ0v) is 26.2. The van der Waals surface area contributed by atoms with Crippen LogP contribution in [0.5, 0.6) is 0 Å². The molecule has 0 aromatic carbocycles. The number of methoxy groups -OCH3 is 3. The van der Waals surface area contributed by atoms with Gasteiger partial charge in [-0.3, -0.25) is 19.2 Å². The van der Waals surface area contributed by atoms with Gasteiger partial charge in [0.25, 0.3) is 5.91 Å². The lowest BCUT2D eigenvalue weighted by Gasteiger charge is -2.32. The number of nitrogens with two attached hydrogens (primary N) is 2. The Balaban J connectivity index is 2.71. The Bertz CT molecular complexity index is 1280. The van der Waals surface area contributed by atoms with Crippen molar-refractivity contribution >= 4 is 29.5 Å². The summed E-state index contributed by atoms with van der Waals surface area (Å²) in [6.45, 7) is 6.51. The molecule has 1 aliphatic carbocycles. The first-order valence-electron chi connectivity index (χ1n) is 14.1. The average Bonchev–Trinajstić information content (AvgIpc) is 2.97. The molecule has 2 aliphatic rings. The summed E-state index contributed by atoms with van der Waals surface area (Å²) in [6, 6.07) is 0. The summed E-state index contributed by atoms with van der Waals surface area (Å²) in [5.74, 6) is -3.28. The Kier molecular flexibility index (Phi) is 13.7. The average molecular weight is 618 g/mol. The smallest absolute Gasteiger partial charge is 0.405 e. The number of fused-ring (bicyclic) bond motifs is 2. The van der Waals surface area contributed by atoms with E-state index in [1.165, 1.54) is 40.4 Å². The molecule has 2 amide bonds. The highest BCUT2D eigenvalue weighted by Gasteiger charge is 2.35. The minimum Gasteiger partial charge on any atom is -0.492 e. The topological polar surface area (TPSA) is 196 Å². The number of rotatable bonds is 6. The maximum Gasteiger partial charge on any atom is 0.405 e. The van der Waals surface area contributed by atoms with Crippen LogP contribution in [0.25, 0.3) is 0 Å². The highest BCUT2D eigenvalue weighted by atomic mass is 16.6. The molecule has 5 N–H and O–H groups in total. The summed E-state index contributed by atoms with van der Waals surface area (Å²) in [7, 11) is 4.17. The summed E-state index contributed by atoms with van der Waals surface area (Å²) in [6.07, 6.45) is 3.37. The Morgan fingerprint density at radius 1 is 1.05 bits per heavy atom. The largest absolute Gasteiger partial charge is 0.492 e. The van der Waals surface area contributed by atoms with Crippen LogP contribution >= 0.6 is 0 Å². The van der Waals surface area contributed by atoms with E-state index in [0.717, 1.165) is 6.08 Å². The molecule has 0 aromatic rings. The molecule has 0 radical (unpaired) electrons. The van der Waals surface area contributed by atoms with Crippen molar-refractivity contribution in [2.75, 3.05) is 27.9 Å². The lowest BCUT2D eigenvalue weighted by atomic mass is 9.85. The Labute approximate surface area is 257 Å². The van der Waals surface area contributed by atoms with Gasteiger partial charge < -0.3 is 40.5 Å². The Hall–Kier alpha value is -4.07. The molecule has 1 aliphatic heterocycles.